The van der Waals surface area contributed by atoms with Crippen molar-refractivity contribution in [3.63, 3.8) is 0 Å². The lowest BCUT2D eigenvalue weighted by atomic mass is 10.0. The molecular weight excluding hydrogens is 310 g/mol. The second-order valence-electron chi connectivity index (χ2n) is 6.45. The quantitative estimate of drug-likeness (QED) is 0.774. The zero-order chi connectivity index (χ0) is 18.0. The summed E-state index contributed by atoms with van der Waals surface area (Å²) < 4.78 is 1.81. The summed E-state index contributed by atoms with van der Waals surface area (Å²) in [7, 11) is 0. The fourth-order valence-electron chi connectivity index (χ4n) is 3.08. The van der Waals surface area contributed by atoms with Gasteiger partial charge in [0.2, 0.25) is 0 Å². The molecule has 0 aliphatic carbocycles. The molecule has 1 amide bonds. The van der Waals surface area contributed by atoms with Gasteiger partial charge in [-0.3, -0.25) is 4.79 Å². The maximum atomic E-state index is 12.7. The van der Waals surface area contributed by atoms with Crippen molar-refractivity contribution in [3.05, 3.63) is 82.7 Å². The van der Waals surface area contributed by atoms with Gasteiger partial charge in [0.25, 0.3) is 5.91 Å². The summed E-state index contributed by atoms with van der Waals surface area (Å²) in [5.74, 6) is -0.104. The van der Waals surface area contributed by atoms with Crippen LogP contribution in [0.4, 0.5) is 0 Å². The van der Waals surface area contributed by atoms with Gasteiger partial charge in [-0.1, -0.05) is 36.4 Å². The minimum absolute atomic E-state index is 0.0598. The summed E-state index contributed by atoms with van der Waals surface area (Å²) in [4.78, 5) is 12.7. The van der Waals surface area contributed by atoms with Crippen LogP contribution in [0.1, 0.15) is 45.7 Å². The lowest BCUT2D eigenvalue weighted by molar-refractivity contribution is 0.0939. The highest BCUT2D eigenvalue weighted by Gasteiger charge is 2.18. The van der Waals surface area contributed by atoms with Gasteiger partial charge in [-0.25, -0.2) is 4.68 Å². The second-order valence-corrected chi connectivity index (χ2v) is 6.45. The van der Waals surface area contributed by atoms with Crippen molar-refractivity contribution in [2.45, 2.75) is 33.7 Å². The number of aryl methyl sites for hydroxylation is 2. The Balaban J connectivity index is 1.83. The van der Waals surface area contributed by atoms with E-state index < -0.39 is 0 Å². The number of nitrogens with zero attached hydrogens (tertiary/aromatic N) is 2. The Hall–Kier alpha value is -2.88. The zero-order valence-electron chi connectivity index (χ0n) is 15.1. The molecule has 1 atom stereocenters. The van der Waals surface area contributed by atoms with E-state index in [0.29, 0.717) is 5.56 Å². The normalized spacial score (nSPS) is 12.0. The zero-order valence-corrected chi connectivity index (χ0v) is 15.1. The fraction of sp³-hybridized carbons (Fsp3) is 0.238. The SMILES string of the molecule is Cc1cccc(-n2ncc(C(=O)N[C@H](C)c3ccccc3C)c2C)c1. The van der Waals surface area contributed by atoms with Crippen LogP contribution in [-0.2, 0) is 0 Å². The number of carbonyl (C=O) groups is 1. The van der Waals surface area contributed by atoms with E-state index in [1.807, 2.05) is 57.2 Å². The Morgan fingerprint density at radius 1 is 1.08 bits per heavy atom. The van der Waals surface area contributed by atoms with Gasteiger partial charge in [0.15, 0.2) is 0 Å². The molecule has 1 N–H and O–H groups in total. The number of hydrogen-bond donors (Lipinski definition) is 1. The third-order valence-electron chi connectivity index (χ3n) is 4.50. The van der Waals surface area contributed by atoms with E-state index in [4.69, 9.17) is 0 Å². The predicted octanol–water partition coefficient (Wildman–Crippen LogP) is 4.29. The Morgan fingerprint density at radius 2 is 1.84 bits per heavy atom. The minimum atomic E-state index is -0.104. The van der Waals surface area contributed by atoms with Crippen LogP contribution in [0.25, 0.3) is 5.69 Å². The van der Waals surface area contributed by atoms with Crippen LogP contribution in [0.2, 0.25) is 0 Å². The van der Waals surface area contributed by atoms with E-state index >= 15 is 0 Å². The van der Waals surface area contributed by atoms with E-state index in [1.165, 1.54) is 5.56 Å². The van der Waals surface area contributed by atoms with Gasteiger partial charge in [-0.2, -0.15) is 5.10 Å². The van der Waals surface area contributed by atoms with E-state index in [0.717, 1.165) is 22.5 Å². The first-order valence-electron chi connectivity index (χ1n) is 8.45. The van der Waals surface area contributed by atoms with Gasteiger partial charge in [-0.05, 0) is 56.5 Å². The van der Waals surface area contributed by atoms with Crippen molar-refractivity contribution in [2.24, 2.45) is 0 Å². The molecule has 1 heterocycles. The molecule has 128 valence electrons. The average molecular weight is 333 g/mol. The van der Waals surface area contributed by atoms with Gasteiger partial charge in [-0.15, -0.1) is 0 Å². The standard InChI is InChI=1S/C21H23N3O/c1-14-8-7-10-18(12-14)24-17(4)20(13-22-24)21(25)23-16(3)19-11-6-5-9-15(19)2/h5-13,16H,1-4H3,(H,23,25)/t16-/m1/s1. The molecule has 0 aliphatic rings. The molecule has 2 aromatic carbocycles. The first-order valence-corrected chi connectivity index (χ1v) is 8.45. The molecule has 3 rings (SSSR count). The summed E-state index contributed by atoms with van der Waals surface area (Å²) >= 11 is 0. The monoisotopic (exact) mass is 333 g/mol. The molecular formula is C21H23N3O. The second kappa shape index (κ2) is 6.93. The largest absolute Gasteiger partial charge is 0.345 e. The number of aromatic nitrogens is 2. The summed E-state index contributed by atoms with van der Waals surface area (Å²) in [5.41, 5.74) is 5.85. The molecule has 1 aromatic heterocycles. The third kappa shape index (κ3) is 3.48. The average Bonchev–Trinajstić information content (AvgIpc) is 2.96. The topological polar surface area (TPSA) is 46.9 Å². The predicted molar refractivity (Wildman–Crippen MR) is 100 cm³/mol. The van der Waals surface area contributed by atoms with Crippen LogP contribution in [0.5, 0.6) is 0 Å². The molecule has 0 radical (unpaired) electrons. The van der Waals surface area contributed by atoms with Gasteiger partial charge >= 0.3 is 0 Å². The lowest BCUT2D eigenvalue weighted by Crippen LogP contribution is -2.27. The maximum absolute atomic E-state index is 12.7. The highest BCUT2D eigenvalue weighted by molar-refractivity contribution is 5.95. The van der Waals surface area contributed by atoms with E-state index in [-0.39, 0.29) is 11.9 Å². The molecule has 0 fully saturated rings. The Bertz CT molecular complexity index is 911. The molecule has 3 aromatic rings. The Labute approximate surface area is 148 Å². The number of carbonyl (C=O) groups excluding carboxylic acids is 1. The first-order chi connectivity index (χ1) is 12.0. The molecule has 0 unspecified atom stereocenters. The molecule has 0 spiro atoms. The van der Waals surface area contributed by atoms with Crippen molar-refractivity contribution >= 4 is 5.91 Å². The highest BCUT2D eigenvalue weighted by Crippen LogP contribution is 2.19. The van der Waals surface area contributed by atoms with Gasteiger partial charge in [0.1, 0.15) is 0 Å². The number of benzene rings is 2. The van der Waals surface area contributed by atoms with Crippen LogP contribution in [0, 0.1) is 20.8 Å². The van der Waals surface area contributed by atoms with Crippen LogP contribution < -0.4 is 5.32 Å². The number of nitrogens with one attached hydrogen (secondary N) is 1. The molecule has 0 bridgehead atoms. The molecule has 25 heavy (non-hydrogen) atoms. The molecule has 0 saturated carbocycles. The molecule has 0 saturated heterocycles. The van der Waals surface area contributed by atoms with Crippen molar-refractivity contribution in [2.75, 3.05) is 0 Å². The van der Waals surface area contributed by atoms with Crippen molar-refractivity contribution in [3.8, 4) is 5.69 Å². The number of amides is 1. The summed E-state index contributed by atoms with van der Waals surface area (Å²) in [6.07, 6.45) is 1.64. The van der Waals surface area contributed by atoms with E-state index in [1.54, 1.807) is 10.9 Å². The molecule has 4 heteroatoms. The lowest BCUT2D eigenvalue weighted by Gasteiger charge is -2.16. The van der Waals surface area contributed by atoms with Crippen LogP contribution in [0.15, 0.2) is 54.7 Å². The molecule has 4 nitrogen and oxygen atoms in total. The van der Waals surface area contributed by atoms with Gasteiger partial charge in [0, 0.05) is 0 Å². The smallest absolute Gasteiger partial charge is 0.255 e. The Kier molecular flexibility index (Phi) is 4.70. The Morgan fingerprint density at radius 3 is 2.56 bits per heavy atom. The van der Waals surface area contributed by atoms with Crippen molar-refractivity contribution in [1.29, 1.82) is 0 Å². The fourth-order valence-corrected chi connectivity index (χ4v) is 3.08. The maximum Gasteiger partial charge on any atom is 0.255 e. The first kappa shape index (κ1) is 17.0. The summed E-state index contributed by atoms with van der Waals surface area (Å²) in [5, 5.41) is 7.48. The van der Waals surface area contributed by atoms with Crippen LogP contribution in [0.3, 0.4) is 0 Å². The third-order valence-corrected chi connectivity index (χ3v) is 4.50. The van der Waals surface area contributed by atoms with Crippen molar-refractivity contribution < 1.29 is 4.79 Å². The van der Waals surface area contributed by atoms with E-state index in [2.05, 4.69) is 29.5 Å². The summed E-state index contributed by atoms with van der Waals surface area (Å²) in [6, 6.07) is 16.1. The van der Waals surface area contributed by atoms with Crippen molar-refractivity contribution in [1.82, 2.24) is 15.1 Å². The summed E-state index contributed by atoms with van der Waals surface area (Å²) in [6.45, 7) is 8.02. The number of hydrogen-bond acceptors (Lipinski definition) is 2. The number of rotatable bonds is 4. The highest BCUT2D eigenvalue weighted by atomic mass is 16.1. The van der Waals surface area contributed by atoms with Crippen LogP contribution in [-0.4, -0.2) is 15.7 Å². The molecule has 0 aliphatic heterocycles. The van der Waals surface area contributed by atoms with Crippen LogP contribution >= 0.6 is 0 Å². The van der Waals surface area contributed by atoms with Gasteiger partial charge < -0.3 is 5.32 Å². The minimum Gasteiger partial charge on any atom is -0.345 e. The van der Waals surface area contributed by atoms with Gasteiger partial charge in [0.05, 0.1) is 29.2 Å². The van der Waals surface area contributed by atoms with E-state index in [9.17, 15) is 4.79 Å².